The number of nitrogens with two attached hydrogens (primary N) is 1. The highest BCUT2D eigenvalue weighted by Crippen LogP contribution is 2.32. The molecule has 0 aliphatic heterocycles. The molecule has 0 spiro atoms. The van der Waals surface area contributed by atoms with Crippen LogP contribution in [0.2, 0.25) is 0 Å². The zero-order chi connectivity index (χ0) is 16.8. The zero-order valence-electron chi connectivity index (χ0n) is 13.0. The van der Waals surface area contributed by atoms with Crippen LogP contribution in [0.3, 0.4) is 0 Å². The largest absolute Gasteiger partial charge is 0.631 e. The summed E-state index contributed by atoms with van der Waals surface area (Å²) in [6, 6.07) is 5.18. The molecule has 0 aromatic heterocycles. The quantitative estimate of drug-likeness (QED) is 0.396. The Hall–Kier alpha value is -1.48. The van der Waals surface area contributed by atoms with Crippen molar-refractivity contribution in [1.82, 2.24) is 0 Å². The molecule has 0 amide bonds. The minimum Gasteiger partial charge on any atom is -0.494 e. The Morgan fingerprint density at radius 2 is 1.57 bits per heavy atom. The first kappa shape index (κ1) is 19.5. The first-order valence-electron chi connectivity index (χ1n) is 6.30. The first-order valence-corrected chi connectivity index (χ1v) is 6.30. The number of methoxy groups -OCH3 is 1. The molecule has 0 fully saturated rings. The van der Waals surface area contributed by atoms with E-state index in [1.54, 1.807) is 39.2 Å². The fraction of sp³-hybridized carbons (Fsp3) is 0.538. The highest BCUT2D eigenvalue weighted by atomic mass is 16.5. The normalized spacial score (nSPS) is 11.3. The molecule has 0 radical (unpaired) electrons. The third kappa shape index (κ3) is 6.68. The topological polar surface area (TPSA) is 125 Å². The van der Waals surface area contributed by atoms with Crippen LogP contribution >= 0.6 is 0 Å². The van der Waals surface area contributed by atoms with E-state index >= 15 is 0 Å². The van der Waals surface area contributed by atoms with Gasteiger partial charge in [0.1, 0.15) is 17.1 Å². The molecule has 0 aliphatic carbocycles. The lowest BCUT2D eigenvalue weighted by Gasteiger charge is -2.37. The van der Waals surface area contributed by atoms with Crippen molar-refractivity contribution in [3.05, 3.63) is 18.2 Å². The van der Waals surface area contributed by atoms with E-state index in [9.17, 15) is 5.11 Å². The van der Waals surface area contributed by atoms with Crippen molar-refractivity contribution in [2.24, 2.45) is 0 Å². The number of benzene rings is 1. The number of rotatable bonds is 4. The Labute approximate surface area is 125 Å². The maximum absolute atomic E-state index is 10.0. The molecule has 8 heteroatoms. The standard InChI is InChI=1S/C13H21NO3.BH3O3/c1-12(2,15)13(3,4)17-9-6-7-10(14)11(8-9)16-5;2-1(3)4/h6-8,15H,14H2,1-5H3;2-4H. The van der Waals surface area contributed by atoms with Crippen molar-refractivity contribution < 1.29 is 29.7 Å². The maximum atomic E-state index is 10.0. The molecule has 21 heavy (non-hydrogen) atoms. The minimum absolute atomic E-state index is 0.556. The van der Waals surface area contributed by atoms with Crippen LogP contribution in [-0.4, -0.2) is 45.8 Å². The van der Waals surface area contributed by atoms with Crippen molar-refractivity contribution in [3.8, 4) is 11.5 Å². The van der Waals surface area contributed by atoms with Crippen molar-refractivity contribution in [1.29, 1.82) is 0 Å². The molecule has 6 N–H and O–H groups in total. The SMILES string of the molecule is COc1cc(OC(C)(C)C(C)(C)O)ccc1N.OB(O)O. The van der Waals surface area contributed by atoms with E-state index in [1.807, 2.05) is 13.8 Å². The summed E-state index contributed by atoms with van der Waals surface area (Å²) in [7, 11) is -0.614. The van der Waals surface area contributed by atoms with Crippen LogP contribution in [0.15, 0.2) is 18.2 Å². The van der Waals surface area contributed by atoms with Crippen LogP contribution in [0, 0.1) is 0 Å². The third-order valence-corrected chi connectivity index (χ3v) is 3.05. The average Bonchev–Trinajstić information content (AvgIpc) is 2.29. The first-order chi connectivity index (χ1) is 9.40. The van der Waals surface area contributed by atoms with Gasteiger partial charge < -0.3 is 35.4 Å². The van der Waals surface area contributed by atoms with Crippen LogP contribution < -0.4 is 15.2 Å². The lowest BCUT2D eigenvalue weighted by Crippen LogP contribution is -2.49. The van der Waals surface area contributed by atoms with E-state index < -0.39 is 18.5 Å². The van der Waals surface area contributed by atoms with Gasteiger partial charge >= 0.3 is 7.32 Å². The highest BCUT2D eigenvalue weighted by molar-refractivity contribution is 6.30. The van der Waals surface area contributed by atoms with Gasteiger partial charge in [0.15, 0.2) is 0 Å². The van der Waals surface area contributed by atoms with E-state index in [0.717, 1.165) is 0 Å². The number of anilines is 1. The molecule has 7 nitrogen and oxygen atoms in total. The third-order valence-electron chi connectivity index (χ3n) is 3.05. The lowest BCUT2D eigenvalue weighted by atomic mass is 9.89. The predicted octanol–water partition coefficient (Wildman–Crippen LogP) is 0.154. The second kappa shape index (κ2) is 7.51. The summed E-state index contributed by atoms with van der Waals surface area (Å²) in [5.74, 6) is 1.18. The second-order valence-corrected chi connectivity index (χ2v) is 5.42. The van der Waals surface area contributed by atoms with Crippen LogP contribution in [-0.2, 0) is 0 Å². The van der Waals surface area contributed by atoms with E-state index in [-0.39, 0.29) is 0 Å². The number of hydrogen-bond donors (Lipinski definition) is 5. The summed E-state index contributed by atoms with van der Waals surface area (Å²) in [4.78, 5) is 0. The van der Waals surface area contributed by atoms with Gasteiger partial charge in [0.25, 0.3) is 0 Å². The van der Waals surface area contributed by atoms with Gasteiger partial charge in [0.2, 0.25) is 0 Å². The molecule has 1 aromatic rings. The Morgan fingerprint density at radius 1 is 1.10 bits per heavy atom. The molecule has 0 saturated heterocycles. The van der Waals surface area contributed by atoms with E-state index in [2.05, 4.69) is 0 Å². The number of hydrogen-bond acceptors (Lipinski definition) is 7. The molecular weight excluding hydrogens is 277 g/mol. The number of aliphatic hydroxyl groups is 1. The molecule has 0 aliphatic rings. The molecule has 0 unspecified atom stereocenters. The minimum atomic E-state index is -2.17. The van der Waals surface area contributed by atoms with Gasteiger partial charge in [-0.25, -0.2) is 0 Å². The lowest BCUT2D eigenvalue weighted by molar-refractivity contribution is -0.0907. The summed E-state index contributed by atoms with van der Waals surface area (Å²) in [5.41, 5.74) is 4.61. The molecule has 0 bridgehead atoms. The van der Waals surface area contributed by atoms with Crippen molar-refractivity contribution in [3.63, 3.8) is 0 Å². The van der Waals surface area contributed by atoms with Crippen molar-refractivity contribution in [2.45, 2.75) is 38.9 Å². The Morgan fingerprint density at radius 3 is 1.95 bits per heavy atom. The zero-order valence-corrected chi connectivity index (χ0v) is 13.0. The monoisotopic (exact) mass is 301 g/mol. The van der Waals surface area contributed by atoms with Crippen LogP contribution in [0.5, 0.6) is 11.5 Å². The van der Waals surface area contributed by atoms with E-state index in [0.29, 0.717) is 17.2 Å². The van der Waals surface area contributed by atoms with Crippen LogP contribution in [0.25, 0.3) is 0 Å². The Kier molecular flexibility index (Phi) is 6.98. The van der Waals surface area contributed by atoms with Gasteiger partial charge in [-0.1, -0.05) is 0 Å². The molecule has 0 saturated carbocycles. The fourth-order valence-electron chi connectivity index (χ4n) is 1.17. The average molecular weight is 301 g/mol. The number of ether oxygens (including phenoxy) is 2. The van der Waals surface area contributed by atoms with Crippen LogP contribution in [0.1, 0.15) is 27.7 Å². The summed E-state index contributed by atoms with van der Waals surface area (Å²) in [5, 5.41) is 31.5. The maximum Gasteiger partial charge on any atom is 0.631 e. The summed E-state index contributed by atoms with van der Waals surface area (Å²) in [6.45, 7) is 7.08. The number of nitrogen functional groups attached to an aromatic ring is 1. The smallest absolute Gasteiger partial charge is 0.494 e. The molecule has 0 atom stereocenters. The van der Waals surface area contributed by atoms with Gasteiger partial charge in [-0.3, -0.25) is 0 Å². The summed E-state index contributed by atoms with van der Waals surface area (Å²) in [6.07, 6.45) is 0. The molecule has 1 rings (SSSR count). The second-order valence-electron chi connectivity index (χ2n) is 5.42. The molecule has 0 heterocycles. The van der Waals surface area contributed by atoms with Crippen LogP contribution in [0.4, 0.5) is 5.69 Å². The van der Waals surface area contributed by atoms with Gasteiger partial charge in [-0.05, 0) is 39.8 Å². The van der Waals surface area contributed by atoms with Crippen molar-refractivity contribution in [2.75, 3.05) is 12.8 Å². The Bertz CT molecular complexity index is 442. The summed E-state index contributed by atoms with van der Waals surface area (Å²) >= 11 is 0. The Balaban J connectivity index is 0.000000885. The van der Waals surface area contributed by atoms with Gasteiger partial charge in [-0.2, -0.15) is 0 Å². The van der Waals surface area contributed by atoms with Gasteiger partial charge in [0.05, 0.1) is 18.4 Å². The summed E-state index contributed by atoms with van der Waals surface area (Å²) < 4.78 is 10.9. The van der Waals surface area contributed by atoms with E-state index in [1.165, 1.54) is 0 Å². The molecular formula is C13H24BNO6. The molecule has 120 valence electrons. The van der Waals surface area contributed by atoms with Gasteiger partial charge in [0, 0.05) is 6.07 Å². The molecule has 1 aromatic carbocycles. The van der Waals surface area contributed by atoms with Crippen molar-refractivity contribution >= 4 is 13.0 Å². The van der Waals surface area contributed by atoms with E-state index in [4.69, 9.17) is 30.3 Å². The fourth-order valence-corrected chi connectivity index (χ4v) is 1.17. The van der Waals surface area contributed by atoms with Gasteiger partial charge in [-0.15, -0.1) is 0 Å². The predicted molar refractivity (Wildman–Crippen MR) is 80.8 cm³/mol. The highest BCUT2D eigenvalue weighted by Gasteiger charge is 2.37.